The molecule has 0 fully saturated rings. The summed E-state index contributed by atoms with van der Waals surface area (Å²) < 4.78 is 5.45. The number of fused-ring (bicyclic) bond motifs is 1. The summed E-state index contributed by atoms with van der Waals surface area (Å²) in [5, 5.41) is 1.00. The third-order valence-electron chi connectivity index (χ3n) is 3.47. The fraction of sp³-hybridized carbons (Fsp3) is 0.167. The molecule has 0 saturated carbocycles. The Morgan fingerprint density at radius 3 is 2.40 bits per heavy atom. The highest BCUT2D eigenvalue weighted by atomic mass is 16.4. The second-order valence-corrected chi connectivity index (χ2v) is 4.86. The number of benzene rings is 2. The molecule has 0 atom stereocenters. The Balaban J connectivity index is 2.42. The molecule has 2 aromatic carbocycles. The molecule has 1 heterocycles. The maximum absolute atomic E-state index is 12.3. The van der Waals surface area contributed by atoms with Gasteiger partial charge in [0.1, 0.15) is 5.58 Å². The standard InChI is InChI=1S/C18H16O2/c1-2-8-15-17(13-9-4-3-5-10-13)14-11-6-7-12-16(14)20-18(15)19/h3-7,9-12H,2,8H2,1H3. The molecule has 0 aliphatic carbocycles. The van der Waals surface area contributed by atoms with Gasteiger partial charge in [-0.3, -0.25) is 0 Å². The van der Waals surface area contributed by atoms with Gasteiger partial charge in [0.05, 0.1) is 0 Å². The molecule has 0 saturated heterocycles. The second-order valence-electron chi connectivity index (χ2n) is 4.86. The Bertz CT molecular complexity index is 785. The molecule has 0 amide bonds. The minimum atomic E-state index is -0.218. The Morgan fingerprint density at radius 2 is 1.65 bits per heavy atom. The van der Waals surface area contributed by atoms with Crippen LogP contribution in [0.15, 0.2) is 63.8 Å². The lowest BCUT2D eigenvalue weighted by atomic mass is 9.95. The van der Waals surface area contributed by atoms with Crippen molar-refractivity contribution in [3.8, 4) is 11.1 Å². The summed E-state index contributed by atoms with van der Waals surface area (Å²) in [4.78, 5) is 12.3. The minimum Gasteiger partial charge on any atom is -0.422 e. The van der Waals surface area contributed by atoms with Crippen LogP contribution in [0.3, 0.4) is 0 Å². The van der Waals surface area contributed by atoms with Gasteiger partial charge in [0.2, 0.25) is 0 Å². The zero-order valence-corrected chi connectivity index (χ0v) is 11.4. The Morgan fingerprint density at radius 1 is 0.950 bits per heavy atom. The average Bonchev–Trinajstić information content (AvgIpc) is 2.49. The van der Waals surface area contributed by atoms with Crippen molar-refractivity contribution in [1.29, 1.82) is 0 Å². The van der Waals surface area contributed by atoms with Gasteiger partial charge < -0.3 is 4.42 Å². The first-order valence-corrected chi connectivity index (χ1v) is 6.91. The molecule has 3 rings (SSSR count). The van der Waals surface area contributed by atoms with Crippen molar-refractivity contribution in [2.75, 3.05) is 0 Å². The predicted molar refractivity (Wildman–Crippen MR) is 81.9 cm³/mol. The first-order chi connectivity index (χ1) is 9.81. The zero-order chi connectivity index (χ0) is 13.9. The highest BCUT2D eigenvalue weighted by molar-refractivity contribution is 5.94. The van der Waals surface area contributed by atoms with Crippen LogP contribution in [-0.4, -0.2) is 0 Å². The van der Waals surface area contributed by atoms with Gasteiger partial charge in [0.15, 0.2) is 0 Å². The molecule has 0 spiro atoms. The molecular weight excluding hydrogens is 248 g/mol. The number of para-hydroxylation sites is 1. The van der Waals surface area contributed by atoms with Gasteiger partial charge in [-0.2, -0.15) is 0 Å². The van der Waals surface area contributed by atoms with Gasteiger partial charge in [-0.15, -0.1) is 0 Å². The highest BCUT2D eigenvalue weighted by Crippen LogP contribution is 2.30. The van der Waals surface area contributed by atoms with E-state index in [0.717, 1.165) is 34.9 Å². The fourth-order valence-corrected chi connectivity index (χ4v) is 2.60. The maximum atomic E-state index is 12.3. The molecule has 0 aliphatic heterocycles. The Kier molecular flexibility index (Phi) is 3.38. The van der Waals surface area contributed by atoms with Crippen LogP contribution in [0.2, 0.25) is 0 Å². The van der Waals surface area contributed by atoms with Gasteiger partial charge in [0.25, 0.3) is 0 Å². The maximum Gasteiger partial charge on any atom is 0.340 e. The van der Waals surface area contributed by atoms with E-state index in [1.807, 2.05) is 54.6 Å². The topological polar surface area (TPSA) is 30.2 Å². The Hall–Kier alpha value is -2.35. The van der Waals surface area contributed by atoms with Crippen LogP contribution in [0.4, 0.5) is 0 Å². The number of hydrogen-bond donors (Lipinski definition) is 0. The summed E-state index contributed by atoms with van der Waals surface area (Å²) in [7, 11) is 0. The van der Waals surface area contributed by atoms with Crippen LogP contribution < -0.4 is 5.63 Å². The van der Waals surface area contributed by atoms with Gasteiger partial charge >= 0.3 is 5.63 Å². The monoisotopic (exact) mass is 264 g/mol. The van der Waals surface area contributed by atoms with Crippen LogP contribution in [-0.2, 0) is 6.42 Å². The smallest absolute Gasteiger partial charge is 0.340 e. The van der Waals surface area contributed by atoms with E-state index in [0.29, 0.717) is 5.58 Å². The molecular formula is C18H16O2. The van der Waals surface area contributed by atoms with Crippen molar-refractivity contribution in [2.24, 2.45) is 0 Å². The molecule has 3 aromatic rings. The lowest BCUT2D eigenvalue weighted by molar-refractivity contribution is 0.550. The van der Waals surface area contributed by atoms with Gasteiger partial charge in [-0.25, -0.2) is 4.79 Å². The van der Waals surface area contributed by atoms with Crippen LogP contribution >= 0.6 is 0 Å². The second kappa shape index (κ2) is 5.33. The van der Waals surface area contributed by atoms with E-state index >= 15 is 0 Å². The van der Waals surface area contributed by atoms with Gasteiger partial charge in [-0.05, 0) is 18.1 Å². The van der Waals surface area contributed by atoms with Crippen molar-refractivity contribution >= 4 is 11.0 Å². The van der Waals surface area contributed by atoms with Crippen LogP contribution in [0.5, 0.6) is 0 Å². The minimum absolute atomic E-state index is 0.218. The average molecular weight is 264 g/mol. The summed E-state index contributed by atoms with van der Waals surface area (Å²) in [6.45, 7) is 2.07. The molecule has 0 radical (unpaired) electrons. The first kappa shape index (κ1) is 12.7. The van der Waals surface area contributed by atoms with Crippen molar-refractivity contribution in [3.63, 3.8) is 0 Å². The molecule has 0 N–H and O–H groups in total. The van der Waals surface area contributed by atoms with Crippen LogP contribution in [0, 0.1) is 0 Å². The SMILES string of the molecule is CCCc1c(-c2ccccc2)c2ccccc2oc1=O. The summed E-state index contributed by atoms with van der Waals surface area (Å²) in [5.41, 5.74) is 3.29. The van der Waals surface area contributed by atoms with E-state index in [1.54, 1.807) is 0 Å². The number of rotatable bonds is 3. The van der Waals surface area contributed by atoms with Crippen LogP contribution in [0.25, 0.3) is 22.1 Å². The lowest BCUT2D eigenvalue weighted by Crippen LogP contribution is -2.09. The van der Waals surface area contributed by atoms with Crippen molar-refractivity contribution in [2.45, 2.75) is 19.8 Å². The van der Waals surface area contributed by atoms with E-state index in [9.17, 15) is 4.79 Å². The van der Waals surface area contributed by atoms with E-state index < -0.39 is 0 Å². The number of hydrogen-bond acceptors (Lipinski definition) is 2. The van der Waals surface area contributed by atoms with Crippen molar-refractivity contribution < 1.29 is 4.42 Å². The predicted octanol–water partition coefficient (Wildman–Crippen LogP) is 4.41. The summed E-state index contributed by atoms with van der Waals surface area (Å²) >= 11 is 0. The highest BCUT2D eigenvalue weighted by Gasteiger charge is 2.14. The first-order valence-electron chi connectivity index (χ1n) is 6.91. The summed E-state index contributed by atoms with van der Waals surface area (Å²) in [6, 6.07) is 17.8. The van der Waals surface area contributed by atoms with E-state index in [-0.39, 0.29) is 5.63 Å². The molecule has 0 aliphatic rings. The fourth-order valence-electron chi connectivity index (χ4n) is 2.60. The largest absolute Gasteiger partial charge is 0.422 e. The van der Waals surface area contributed by atoms with E-state index in [1.165, 1.54) is 0 Å². The molecule has 0 bridgehead atoms. The molecule has 1 aromatic heterocycles. The molecule has 100 valence electrons. The normalized spacial score (nSPS) is 10.8. The van der Waals surface area contributed by atoms with Crippen molar-refractivity contribution in [1.82, 2.24) is 0 Å². The Labute approximate surface area is 117 Å². The zero-order valence-electron chi connectivity index (χ0n) is 11.4. The van der Waals surface area contributed by atoms with E-state index in [2.05, 4.69) is 6.92 Å². The van der Waals surface area contributed by atoms with Gasteiger partial charge in [-0.1, -0.05) is 61.9 Å². The molecule has 2 nitrogen and oxygen atoms in total. The van der Waals surface area contributed by atoms with Crippen molar-refractivity contribution in [3.05, 3.63) is 70.6 Å². The van der Waals surface area contributed by atoms with Gasteiger partial charge in [0, 0.05) is 16.5 Å². The molecule has 2 heteroatoms. The third kappa shape index (κ3) is 2.14. The summed E-state index contributed by atoms with van der Waals surface area (Å²) in [6.07, 6.45) is 1.65. The quantitative estimate of drug-likeness (QED) is 0.656. The van der Waals surface area contributed by atoms with Crippen LogP contribution in [0.1, 0.15) is 18.9 Å². The third-order valence-corrected chi connectivity index (χ3v) is 3.47. The lowest BCUT2D eigenvalue weighted by Gasteiger charge is -2.11. The molecule has 0 unspecified atom stereocenters. The summed E-state index contributed by atoms with van der Waals surface area (Å²) in [5.74, 6) is 0. The van der Waals surface area contributed by atoms with E-state index in [4.69, 9.17) is 4.42 Å². The molecule has 20 heavy (non-hydrogen) atoms.